The number of carbonyl (C=O) groups is 1. The molecule has 0 unspecified atom stereocenters. The van der Waals surface area contributed by atoms with Gasteiger partial charge in [0.2, 0.25) is 0 Å². The Morgan fingerprint density at radius 3 is 2.68 bits per heavy atom. The lowest BCUT2D eigenvalue weighted by Crippen LogP contribution is -2.41. The van der Waals surface area contributed by atoms with E-state index in [1.807, 2.05) is 6.07 Å². The van der Waals surface area contributed by atoms with Crippen LogP contribution in [0.2, 0.25) is 15.1 Å². The lowest BCUT2D eigenvalue weighted by molar-refractivity contribution is -0.139. The van der Waals surface area contributed by atoms with Gasteiger partial charge in [0.1, 0.15) is 11.9 Å². The number of aliphatic carboxylic acids is 1. The Bertz CT molecular complexity index is 1350. The number of hydrogen-bond donors (Lipinski definition) is 1. The SMILES string of the molecule is COc1ccc2nccc([C@@H](F)CC[C@@H]3CCN(CC#Cc4c(Cl)cc(Cl)cc4Cl)C[C@@H]3CC(=O)O)c2c1. The van der Waals surface area contributed by atoms with Crippen LogP contribution in [0.25, 0.3) is 10.9 Å². The lowest BCUT2D eigenvalue weighted by Gasteiger charge is -2.37. The largest absolute Gasteiger partial charge is 0.497 e. The summed E-state index contributed by atoms with van der Waals surface area (Å²) in [6, 6.07) is 10.3. The normalized spacial score (nSPS) is 18.6. The smallest absolute Gasteiger partial charge is 0.303 e. The Labute approximate surface area is 236 Å². The molecule has 3 atom stereocenters. The molecule has 2 aromatic carbocycles. The number of fused-ring (bicyclic) bond motifs is 1. The van der Waals surface area contributed by atoms with Crippen LogP contribution in [0, 0.1) is 23.7 Å². The Morgan fingerprint density at radius 2 is 1.97 bits per heavy atom. The summed E-state index contributed by atoms with van der Waals surface area (Å²) in [6.07, 6.45) is 2.16. The number of aromatic nitrogens is 1. The molecule has 200 valence electrons. The molecule has 9 heteroatoms. The maximum absolute atomic E-state index is 15.5. The predicted octanol–water partition coefficient (Wildman–Crippen LogP) is 7.46. The summed E-state index contributed by atoms with van der Waals surface area (Å²) in [5, 5.41) is 11.5. The van der Waals surface area contributed by atoms with Crippen LogP contribution in [-0.4, -0.2) is 47.7 Å². The van der Waals surface area contributed by atoms with Crippen molar-refractivity contribution in [3.05, 3.63) is 68.8 Å². The van der Waals surface area contributed by atoms with E-state index in [4.69, 9.17) is 39.5 Å². The first kappa shape index (κ1) is 28.4. The van der Waals surface area contributed by atoms with Crippen LogP contribution in [-0.2, 0) is 4.79 Å². The number of hydrogen-bond acceptors (Lipinski definition) is 4. The van der Waals surface area contributed by atoms with Gasteiger partial charge in [-0.15, -0.1) is 0 Å². The molecule has 1 aromatic heterocycles. The third-order valence-corrected chi connectivity index (χ3v) is 7.86. The van der Waals surface area contributed by atoms with Gasteiger partial charge in [0.05, 0.1) is 34.8 Å². The average molecular weight is 578 g/mol. The van der Waals surface area contributed by atoms with Crippen molar-refractivity contribution in [3.8, 4) is 17.6 Å². The van der Waals surface area contributed by atoms with Crippen molar-refractivity contribution in [1.82, 2.24) is 9.88 Å². The summed E-state index contributed by atoms with van der Waals surface area (Å²) in [5.41, 5.74) is 1.81. The van der Waals surface area contributed by atoms with E-state index in [-0.39, 0.29) is 18.3 Å². The zero-order valence-electron chi connectivity index (χ0n) is 20.9. The van der Waals surface area contributed by atoms with Gasteiger partial charge in [-0.05, 0) is 79.6 Å². The Kier molecular flexibility index (Phi) is 9.73. The van der Waals surface area contributed by atoms with E-state index in [1.165, 1.54) is 0 Å². The van der Waals surface area contributed by atoms with Gasteiger partial charge in [0.15, 0.2) is 0 Å². The fraction of sp³-hybridized carbons (Fsp3) is 0.379. The zero-order valence-corrected chi connectivity index (χ0v) is 23.2. The average Bonchev–Trinajstić information content (AvgIpc) is 2.88. The van der Waals surface area contributed by atoms with Gasteiger partial charge in [-0.3, -0.25) is 14.7 Å². The molecule has 1 fully saturated rings. The summed E-state index contributed by atoms with van der Waals surface area (Å²) in [4.78, 5) is 18.1. The number of rotatable bonds is 8. The van der Waals surface area contributed by atoms with Crippen molar-refractivity contribution in [2.45, 2.75) is 31.9 Å². The second kappa shape index (κ2) is 13.0. The topological polar surface area (TPSA) is 62.7 Å². The van der Waals surface area contributed by atoms with E-state index in [0.29, 0.717) is 63.4 Å². The molecule has 38 heavy (non-hydrogen) atoms. The van der Waals surface area contributed by atoms with Crippen LogP contribution in [0.15, 0.2) is 42.6 Å². The minimum atomic E-state index is -1.18. The van der Waals surface area contributed by atoms with Crippen LogP contribution in [0.4, 0.5) is 4.39 Å². The number of carboxylic acid groups (broad SMARTS) is 1. The summed E-state index contributed by atoms with van der Waals surface area (Å²) in [5.74, 6) is 5.93. The number of pyridine rings is 1. The highest BCUT2D eigenvalue weighted by Crippen LogP contribution is 2.36. The van der Waals surface area contributed by atoms with Crippen LogP contribution in [0.1, 0.15) is 43.0 Å². The van der Waals surface area contributed by atoms with Crippen molar-refractivity contribution in [2.75, 3.05) is 26.7 Å². The highest BCUT2D eigenvalue weighted by Gasteiger charge is 2.31. The summed E-state index contributed by atoms with van der Waals surface area (Å²) in [6.45, 7) is 1.79. The Morgan fingerprint density at radius 1 is 1.21 bits per heavy atom. The standard InChI is InChI=1S/C29H28Cl3FN2O3/c1-38-21-5-7-28-24(16-21)22(8-10-34-28)27(33)6-4-18-9-12-35(17-19(18)13-29(36)37)11-2-3-23-25(31)14-20(30)15-26(23)32/h5,7-8,10,14-16,18-19,27H,4,6,9,11-13,17H2,1H3,(H,36,37)/t18-,19+,27+/m1/s1. The monoisotopic (exact) mass is 576 g/mol. The maximum atomic E-state index is 15.5. The molecule has 0 spiro atoms. The van der Waals surface area contributed by atoms with Crippen molar-refractivity contribution in [3.63, 3.8) is 0 Å². The minimum absolute atomic E-state index is 0.0375. The molecule has 1 N–H and O–H groups in total. The van der Waals surface area contributed by atoms with Gasteiger partial charge in [-0.2, -0.15) is 0 Å². The number of ether oxygens (including phenoxy) is 1. The number of piperidine rings is 1. The molecule has 0 saturated carbocycles. The van der Waals surface area contributed by atoms with E-state index in [1.54, 1.807) is 43.6 Å². The van der Waals surface area contributed by atoms with E-state index in [0.717, 1.165) is 18.4 Å². The molecule has 1 aliphatic rings. The first-order valence-electron chi connectivity index (χ1n) is 12.4. The van der Waals surface area contributed by atoms with Gasteiger partial charge in [-0.1, -0.05) is 46.6 Å². The molecule has 5 nitrogen and oxygen atoms in total. The zero-order chi connectivity index (χ0) is 27.2. The maximum Gasteiger partial charge on any atom is 0.303 e. The van der Waals surface area contributed by atoms with Gasteiger partial charge in [0.25, 0.3) is 0 Å². The highest BCUT2D eigenvalue weighted by molar-refractivity contribution is 6.39. The first-order valence-corrected chi connectivity index (χ1v) is 13.5. The molecule has 2 heterocycles. The number of benzene rings is 2. The van der Waals surface area contributed by atoms with Crippen molar-refractivity contribution < 1.29 is 19.0 Å². The molecular weight excluding hydrogens is 550 g/mol. The van der Waals surface area contributed by atoms with E-state index < -0.39 is 12.1 Å². The quantitative estimate of drug-likeness (QED) is 0.282. The van der Waals surface area contributed by atoms with Gasteiger partial charge in [0, 0.05) is 29.6 Å². The van der Waals surface area contributed by atoms with Gasteiger partial charge < -0.3 is 9.84 Å². The number of alkyl halides is 1. The van der Waals surface area contributed by atoms with Crippen molar-refractivity contribution in [1.29, 1.82) is 0 Å². The van der Waals surface area contributed by atoms with Gasteiger partial charge in [-0.25, -0.2) is 4.39 Å². The second-order valence-electron chi connectivity index (χ2n) is 9.52. The molecule has 4 rings (SSSR count). The number of likely N-dealkylation sites (tertiary alicyclic amines) is 1. The fourth-order valence-corrected chi connectivity index (χ4v) is 6.01. The number of methoxy groups -OCH3 is 1. The van der Waals surface area contributed by atoms with Crippen molar-refractivity contribution in [2.24, 2.45) is 11.8 Å². The molecule has 1 saturated heterocycles. The second-order valence-corrected chi connectivity index (χ2v) is 10.8. The summed E-state index contributed by atoms with van der Waals surface area (Å²) < 4.78 is 20.8. The number of halogens is 4. The summed E-state index contributed by atoms with van der Waals surface area (Å²) >= 11 is 18.4. The molecular formula is C29H28Cl3FN2O3. The number of carboxylic acids is 1. The molecule has 0 amide bonds. The van der Waals surface area contributed by atoms with E-state index >= 15 is 4.39 Å². The predicted molar refractivity (Wildman–Crippen MR) is 150 cm³/mol. The van der Waals surface area contributed by atoms with E-state index in [9.17, 15) is 9.90 Å². The molecule has 3 aromatic rings. The fourth-order valence-electron chi connectivity index (χ4n) is 5.10. The third-order valence-electron chi connectivity index (χ3n) is 7.05. The number of nitrogens with zero attached hydrogens (tertiary/aromatic N) is 2. The Balaban J connectivity index is 1.40. The first-order chi connectivity index (χ1) is 18.2. The molecule has 0 aliphatic carbocycles. The van der Waals surface area contributed by atoms with Crippen molar-refractivity contribution >= 4 is 51.7 Å². The van der Waals surface area contributed by atoms with E-state index in [2.05, 4.69) is 21.7 Å². The Hall–Kier alpha value is -2.56. The van der Waals surface area contributed by atoms with Crippen LogP contribution in [0.3, 0.4) is 0 Å². The third kappa shape index (κ3) is 7.09. The lowest BCUT2D eigenvalue weighted by atomic mass is 9.79. The molecule has 1 aliphatic heterocycles. The minimum Gasteiger partial charge on any atom is -0.497 e. The molecule has 0 bridgehead atoms. The van der Waals surface area contributed by atoms with Crippen LogP contribution in [0.5, 0.6) is 5.75 Å². The van der Waals surface area contributed by atoms with Gasteiger partial charge >= 0.3 is 5.97 Å². The molecule has 0 radical (unpaired) electrons. The summed E-state index contributed by atoms with van der Waals surface area (Å²) in [7, 11) is 1.58. The van der Waals surface area contributed by atoms with Crippen LogP contribution >= 0.6 is 34.8 Å². The van der Waals surface area contributed by atoms with Crippen LogP contribution < -0.4 is 4.74 Å². The highest BCUT2D eigenvalue weighted by atomic mass is 35.5.